The molecule has 2 rings (SSSR count). The van der Waals surface area contributed by atoms with Crippen molar-refractivity contribution in [3.63, 3.8) is 0 Å². The quantitative estimate of drug-likeness (QED) is 0.843. The van der Waals surface area contributed by atoms with E-state index < -0.39 is 5.97 Å². The third-order valence-corrected chi connectivity index (χ3v) is 3.67. The summed E-state index contributed by atoms with van der Waals surface area (Å²) < 4.78 is 21.1. The fourth-order valence-electron chi connectivity index (χ4n) is 2.38. The number of aryl methyl sites for hydroxylation is 1. The van der Waals surface area contributed by atoms with Gasteiger partial charge in [0.2, 0.25) is 0 Å². The fraction of sp³-hybridized carbons (Fsp3) is 0.278. The van der Waals surface area contributed by atoms with Crippen LogP contribution in [0, 0.1) is 13.8 Å². The van der Waals surface area contributed by atoms with Gasteiger partial charge in [-0.3, -0.25) is 0 Å². The molecule has 24 heavy (non-hydrogen) atoms. The molecular formula is C18H20O6. The average molecular weight is 332 g/mol. The second-order valence-electron chi connectivity index (χ2n) is 5.15. The molecule has 0 aliphatic carbocycles. The number of rotatable bonds is 5. The highest BCUT2D eigenvalue weighted by atomic mass is 16.5. The summed E-state index contributed by atoms with van der Waals surface area (Å²) in [5.41, 5.74) is 1.17. The molecule has 6 nitrogen and oxygen atoms in total. The molecule has 0 aliphatic heterocycles. The predicted molar refractivity (Wildman–Crippen MR) is 88.5 cm³/mol. The van der Waals surface area contributed by atoms with E-state index in [-0.39, 0.29) is 11.3 Å². The third kappa shape index (κ3) is 3.22. The van der Waals surface area contributed by atoms with Crippen LogP contribution in [0.4, 0.5) is 0 Å². The molecule has 0 unspecified atom stereocenters. The summed E-state index contributed by atoms with van der Waals surface area (Å²) in [5, 5.41) is 10.1. The molecule has 0 atom stereocenters. The van der Waals surface area contributed by atoms with Crippen molar-refractivity contribution in [3.8, 4) is 28.7 Å². The van der Waals surface area contributed by atoms with Gasteiger partial charge in [-0.05, 0) is 37.6 Å². The first-order valence-electron chi connectivity index (χ1n) is 7.24. The smallest absolute Gasteiger partial charge is 0.342 e. The minimum absolute atomic E-state index is 0.0371. The number of carbonyl (C=O) groups excluding carboxylic acids is 1. The maximum Gasteiger partial charge on any atom is 0.342 e. The first kappa shape index (κ1) is 17.5. The van der Waals surface area contributed by atoms with Crippen LogP contribution in [0.2, 0.25) is 0 Å². The number of aromatic hydroxyl groups is 1. The number of methoxy groups -OCH3 is 3. The zero-order chi connectivity index (χ0) is 17.9. The molecule has 0 fully saturated rings. The molecule has 0 spiro atoms. The molecule has 1 N–H and O–H groups in total. The molecule has 0 heterocycles. The summed E-state index contributed by atoms with van der Waals surface area (Å²) in [6.07, 6.45) is 0. The molecule has 2 aromatic carbocycles. The Balaban J connectivity index is 2.51. The van der Waals surface area contributed by atoms with Gasteiger partial charge in [0.05, 0.1) is 21.3 Å². The molecule has 0 aromatic heterocycles. The van der Waals surface area contributed by atoms with Crippen molar-refractivity contribution in [2.45, 2.75) is 13.8 Å². The predicted octanol–water partition coefficient (Wildman–Crippen LogP) is 3.61. The number of benzene rings is 2. The Kier molecular flexibility index (Phi) is 5.18. The van der Waals surface area contributed by atoms with E-state index in [1.54, 1.807) is 45.2 Å². The zero-order valence-corrected chi connectivity index (χ0v) is 14.3. The normalized spacial score (nSPS) is 10.2. The number of hydrogen-bond donors (Lipinski definition) is 1. The van der Waals surface area contributed by atoms with E-state index in [1.807, 2.05) is 0 Å². The molecule has 0 amide bonds. The Hall–Kier alpha value is -2.89. The van der Waals surface area contributed by atoms with E-state index in [1.165, 1.54) is 14.2 Å². The molecule has 2 aromatic rings. The van der Waals surface area contributed by atoms with Crippen LogP contribution in [0.1, 0.15) is 21.5 Å². The summed E-state index contributed by atoms with van der Waals surface area (Å²) in [6.45, 7) is 3.36. The van der Waals surface area contributed by atoms with Crippen molar-refractivity contribution >= 4 is 5.97 Å². The SMILES string of the molecule is COC(=O)c1c(Oc2ccc(OC)c(OC)c2)cc(C)c(O)c1C. The topological polar surface area (TPSA) is 74.2 Å². The number of ether oxygens (including phenoxy) is 4. The highest BCUT2D eigenvalue weighted by Crippen LogP contribution is 2.38. The number of esters is 1. The van der Waals surface area contributed by atoms with Crippen molar-refractivity contribution in [1.29, 1.82) is 0 Å². The monoisotopic (exact) mass is 332 g/mol. The molecule has 0 radical (unpaired) electrons. The lowest BCUT2D eigenvalue weighted by Gasteiger charge is -2.16. The Morgan fingerprint density at radius 2 is 1.62 bits per heavy atom. The van der Waals surface area contributed by atoms with Crippen molar-refractivity contribution in [1.82, 2.24) is 0 Å². The van der Waals surface area contributed by atoms with Crippen LogP contribution >= 0.6 is 0 Å². The summed E-state index contributed by atoms with van der Waals surface area (Å²) in [5.74, 6) is 1.27. The highest BCUT2D eigenvalue weighted by Gasteiger charge is 2.21. The van der Waals surface area contributed by atoms with Gasteiger partial charge < -0.3 is 24.1 Å². The minimum atomic E-state index is -0.585. The number of hydrogen-bond acceptors (Lipinski definition) is 6. The van der Waals surface area contributed by atoms with Crippen LogP contribution in [0.5, 0.6) is 28.7 Å². The summed E-state index contributed by atoms with van der Waals surface area (Å²) in [6, 6.07) is 6.63. The lowest BCUT2D eigenvalue weighted by Crippen LogP contribution is -2.07. The molecular weight excluding hydrogens is 312 g/mol. The van der Waals surface area contributed by atoms with E-state index in [0.717, 1.165) is 0 Å². The highest BCUT2D eigenvalue weighted by molar-refractivity contribution is 5.95. The van der Waals surface area contributed by atoms with Crippen molar-refractivity contribution < 1.29 is 28.8 Å². The Morgan fingerprint density at radius 1 is 0.958 bits per heavy atom. The van der Waals surface area contributed by atoms with Crippen LogP contribution < -0.4 is 14.2 Å². The van der Waals surface area contributed by atoms with Gasteiger partial charge in [0.15, 0.2) is 11.5 Å². The molecule has 0 bridgehead atoms. The maximum atomic E-state index is 12.1. The van der Waals surface area contributed by atoms with E-state index in [2.05, 4.69) is 0 Å². The Bertz CT molecular complexity index is 767. The van der Waals surface area contributed by atoms with Gasteiger partial charge in [-0.2, -0.15) is 0 Å². The second kappa shape index (κ2) is 7.12. The lowest BCUT2D eigenvalue weighted by atomic mass is 10.0. The second-order valence-corrected chi connectivity index (χ2v) is 5.15. The summed E-state index contributed by atoms with van der Waals surface area (Å²) in [7, 11) is 4.34. The average Bonchev–Trinajstić information content (AvgIpc) is 2.59. The lowest BCUT2D eigenvalue weighted by molar-refractivity contribution is 0.0596. The number of carbonyl (C=O) groups is 1. The zero-order valence-electron chi connectivity index (χ0n) is 14.3. The maximum absolute atomic E-state index is 12.1. The van der Waals surface area contributed by atoms with Gasteiger partial charge in [-0.1, -0.05) is 0 Å². The minimum Gasteiger partial charge on any atom is -0.507 e. The van der Waals surface area contributed by atoms with Crippen molar-refractivity contribution in [2.75, 3.05) is 21.3 Å². The fourth-order valence-corrected chi connectivity index (χ4v) is 2.38. The standard InChI is InChI=1S/C18H20O6/c1-10-8-15(16(18(20)23-5)11(2)17(10)19)24-12-6-7-13(21-3)14(9-12)22-4/h6-9,19H,1-5H3. The summed E-state index contributed by atoms with van der Waals surface area (Å²) in [4.78, 5) is 12.1. The molecule has 128 valence electrons. The first-order valence-corrected chi connectivity index (χ1v) is 7.24. The van der Waals surface area contributed by atoms with Crippen LogP contribution in [-0.2, 0) is 4.74 Å². The van der Waals surface area contributed by atoms with Gasteiger partial charge in [0.1, 0.15) is 22.8 Å². The van der Waals surface area contributed by atoms with Crippen LogP contribution in [0.25, 0.3) is 0 Å². The van der Waals surface area contributed by atoms with E-state index in [0.29, 0.717) is 34.1 Å². The Morgan fingerprint density at radius 3 is 2.21 bits per heavy atom. The molecule has 0 saturated heterocycles. The van der Waals surface area contributed by atoms with E-state index in [9.17, 15) is 9.90 Å². The van der Waals surface area contributed by atoms with Crippen LogP contribution in [0.15, 0.2) is 24.3 Å². The van der Waals surface area contributed by atoms with E-state index >= 15 is 0 Å². The van der Waals surface area contributed by atoms with Gasteiger partial charge in [0.25, 0.3) is 0 Å². The first-order chi connectivity index (χ1) is 11.4. The van der Waals surface area contributed by atoms with Crippen LogP contribution in [0.3, 0.4) is 0 Å². The molecule has 6 heteroatoms. The van der Waals surface area contributed by atoms with Crippen LogP contribution in [-0.4, -0.2) is 32.4 Å². The van der Waals surface area contributed by atoms with E-state index in [4.69, 9.17) is 18.9 Å². The molecule has 0 saturated carbocycles. The van der Waals surface area contributed by atoms with Gasteiger partial charge in [-0.25, -0.2) is 4.79 Å². The van der Waals surface area contributed by atoms with Gasteiger partial charge in [0, 0.05) is 11.6 Å². The largest absolute Gasteiger partial charge is 0.507 e. The van der Waals surface area contributed by atoms with Gasteiger partial charge in [-0.15, -0.1) is 0 Å². The number of phenols is 1. The van der Waals surface area contributed by atoms with Crippen molar-refractivity contribution in [3.05, 3.63) is 41.0 Å². The third-order valence-electron chi connectivity index (χ3n) is 3.67. The van der Waals surface area contributed by atoms with Gasteiger partial charge >= 0.3 is 5.97 Å². The van der Waals surface area contributed by atoms with Crippen molar-refractivity contribution in [2.24, 2.45) is 0 Å². The molecule has 0 aliphatic rings. The summed E-state index contributed by atoms with van der Waals surface area (Å²) >= 11 is 0. The number of phenolic OH excluding ortho intramolecular Hbond substituents is 1. The Labute approximate surface area is 140 Å².